The highest BCUT2D eigenvalue weighted by atomic mass is 16.3. The van der Waals surface area contributed by atoms with Crippen LogP contribution < -0.4 is 5.32 Å². The van der Waals surface area contributed by atoms with Crippen molar-refractivity contribution in [1.29, 1.82) is 0 Å². The molecule has 0 saturated heterocycles. The van der Waals surface area contributed by atoms with Crippen LogP contribution in [0.15, 0.2) is 35.9 Å². The zero-order chi connectivity index (χ0) is 11.9. The quantitative estimate of drug-likeness (QED) is 0.601. The Morgan fingerprint density at radius 2 is 1.94 bits per heavy atom. The Bertz CT molecular complexity index is 367. The predicted octanol–water partition coefficient (Wildman–Crippen LogP) is 3.37. The van der Waals surface area contributed by atoms with Crippen LogP contribution in [-0.2, 0) is 6.54 Å². The first kappa shape index (κ1) is 12.2. The van der Waals surface area contributed by atoms with E-state index >= 15 is 0 Å². The fourth-order valence-corrected chi connectivity index (χ4v) is 2.23. The van der Waals surface area contributed by atoms with Gasteiger partial charge in [0.1, 0.15) is 5.75 Å². The summed E-state index contributed by atoms with van der Waals surface area (Å²) in [5.41, 5.74) is 2.84. The minimum absolute atomic E-state index is 0.334. The van der Waals surface area contributed by atoms with Crippen molar-refractivity contribution < 1.29 is 5.11 Å². The van der Waals surface area contributed by atoms with E-state index in [-0.39, 0.29) is 0 Å². The summed E-state index contributed by atoms with van der Waals surface area (Å²) >= 11 is 0. The van der Waals surface area contributed by atoms with Crippen molar-refractivity contribution in [2.24, 2.45) is 0 Å². The smallest absolute Gasteiger partial charge is 0.115 e. The van der Waals surface area contributed by atoms with Crippen molar-refractivity contribution in [3.05, 3.63) is 41.5 Å². The number of phenols is 1. The first-order chi connectivity index (χ1) is 8.34. The highest BCUT2D eigenvalue weighted by molar-refractivity contribution is 5.25. The fourth-order valence-electron chi connectivity index (χ4n) is 2.23. The molecule has 1 aromatic carbocycles. The summed E-state index contributed by atoms with van der Waals surface area (Å²) in [6.45, 7) is 1.93. The van der Waals surface area contributed by atoms with Crippen LogP contribution in [0, 0.1) is 0 Å². The van der Waals surface area contributed by atoms with Gasteiger partial charge in [0.05, 0.1) is 0 Å². The topological polar surface area (TPSA) is 32.3 Å². The molecule has 2 N–H and O–H groups in total. The van der Waals surface area contributed by atoms with Gasteiger partial charge in [-0.05, 0) is 56.3 Å². The van der Waals surface area contributed by atoms with Crippen LogP contribution in [0.4, 0.5) is 0 Å². The molecule has 0 aromatic heterocycles. The Morgan fingerprint density at radius 1 is 1.12 bits per heavy atom. The van der Waals surface area contributed by atoms with Crippen molar-refractivity contribution >= 4 is 0 Å². The van der Waals surface area contributed by atoms with Crippen LogP contribution in [0.25, 0.3) is 0 Å². The molecule has 0 radical (unpaired) electrons. The van der Waals surface area contributed by atoms with Crippen LogP contribution in [0.2, 0.25) is 0 Å². The molecule has 17 heavy (non-hydrogen) atoms. The molecule has 0 heterocycles. The maximum absolute atomic E-state index is 9.17. The molecule has 0 atom stereocenters. The maximum atomic E-state index is 9.17. The van der Waals surface area contributed by atoms with Crippen molar-refractivity contribution in [3.8, 4) is 5.75 Å². The first-order valence-electron chi connectivity index (χ1n) is 6.51. The Labute approximate surface area is 103 Å². The summed E-state index contributed by atoms with van der Waals surface area (Å²) in [5, 5.41) is 12.6. The van der Waals surface area contributed by atoms with E-state index in [9.17, 15) is 5.11 Å². The largest absolute Gasteiger partial charge is 0.508 e. The Hall–Kier alpha value is -1.28. The molecule has 0 unspecified atom stereocenters. The normalized spacial score (nSPS) is 15.6. The summed E-state index contributed by atoms with van der Waals surface area (Å²) in [4.78, 5) is 0. The number of hydrogen-bond donors (Lipinski definition) is 2. The second-order valence-electron chi connectivity index (χ2n) is 4.70. The summed E-state index contributed by atoms with van der Waals surface area (Å²) in [5.74, 6) is 0.334. The molecule has 1 aliphatic carbocycles. The number of aromatic hydroxyl groups is 1. The van der Waals surface area contributed by atoms with E-state index in [2.05, 4.69) is 11.4 Å². The summed E-state index contributed by atoms with van der Waals surface area (Å²) < 4.78 is 0. The lowest BCUT2D eigenvalue weighted by Crippen LogP contribution is -2.15. The van der Waals surface area contributed by atoms with Crippen molar-refractivity contribution in [2.75, 3.05) is 6.54 Å². The van der Waals surface area contributed by atoms with Gasteiger partial charge in [-0.2, -0.15) is 0 Å². The lowest BCUT2D eigenvalue weighted by Gasteiger charge is -2.12. The number of phenolic OH excluding ortho intramolecular Hbond substituents is 1. The lowest BCUT2D eigenvalue weighted by molar-refractivity contribution is 0.475. The van der Waals surface area contributed by atoms with E-state index in [0.29, 0.717) is 5.75 Å². The van der Waals surface area contributed by atoms with E-state index in [0.717, 1.165) is 13.1 Å². The Kier molecular flexibility index (Phi) is 4.63. The molecule has 0 amide bonds. The number of benzene rings is 1. The minimum atomic E-state index is 0.334. The average Bonchev–Trinajstić information content (AvgIpc) is 2.38. The third-order valence-corrected chi connectivity index (χ3v) is 3.27. The van der Waals surface area contributed by atoms with Crippen LogP contribution in [0.1, 0.15) is 37.7 Å². The van der Waals surface area contributed by atoms with Gasteiger partial charge in [-0.15, -0.1) is 0 Å². The molecular formula is C15H21NO. The molecule has 92 valence electrons. The predicted molar refractivity (Wildman–Crippen MR) is 71.0 cm³/mol. The third kappa shape index (κ3) is 4.23. The molecule has 1 aliphatic rings. The van der Waals surface area contributed by atoms with Gasteiger partial charge in [-0.25, -0.2) is 0 Å². The second-order valence-corrected chi connectivity index (χ2v) is 4.70. The van der Waals surface area contributed by atoms with E-state index in [1.807, 2.05) is 12.1 Å². The van der Waals surface area contributed by atoms with E-state index < -0.39 is 0 Å². The van der Waals surface area contributed by atoms with Crippen molar-refractivity contribution in [3.63, 3.8) is 0 Å². The molecule has 2 nitrogen and oxygen atoms in total. The van der Waals surface area contributed by atoms with E-state index in [4.69, 9.17) is 0 Å². The van der Waals surface area contributed by atoms with Gasteiger partial charge in [0.25, 0.3) is 0 Å². The number of hydrogen-bond acceptors (Lipinski definition) is 2. The third-order valence-electron chi connectivity index (χ3n) is 3.27. The molecule has 2 rings (SSSR count). The minimum Gasteiger partial charge on any atom is -0.508 e. The van der Waals surface area contributed by atoms with Crippen LogP contribution in [-0.4, -0.2) is 11.7 Å². The van der Waals surface area contributed by atoms with Crippen LogP contribution in [0.5, 0.6) is 5.75 Å². The Morgan fingerprint density at radius 3 is 2.65 bits per heavy atom. The molecule has 1 aromatic rings. The van der Waals surface area contributed by atoms with Crippen LogP contribution in [0.3, 0.4) is 0 Å². The molecule has 2 heteroatoms. The van der Waals surface area contributed by atoms with Crippen molar-refractivity contribution in [1.82, 2.24) is 5.32 Å². The highest BCUT2D eigenvalue weighted by Gasteiger charge is 2.02. The molecule has 0 fully saturated rings. The fraction of sp³-hybridized carbons (Fsp3) is 0.467. The molecule has 0 aliphatic heterocycles. The summed E-state index contributed by atoms with van der Waals surface area (Å²) in [7, 11) is 0. The molecule has 0 bridgehead atoms. The van der Waals surface area contributed by atoms with Gasteiger partial charge in [0, 0.05) is 6.54 Å². The molecule has 0 saturated carbocycles. The number of nitrogens with one attached hydrogen (secondary N) is 1. The average molecular weight is 231 g/mol. The number of allylic oxidation sites excluding steroid dienone is 1. The second kappa shape index (κ2) is 6.45. The van der Waals surface area contributed by atoms with Gasteiger partial charge in [-0.1, -0.05) is 23.8 Å². The number of rotatable bonds is 5. The SMILES string of the molecule is Oc1ccc(CNCCC2=CCCCC2)cc1. The van der Waals surface area contributed by atoms with Crippen LogP contribution >= 0.6 is 0 Å². The highest BCUT2D eigenvalue weighted by Crippen LogP contribution is 2.19. The van der Waals surface area contributed by atoms with E-state index in [1.165, 1.54) is 37.7 Å². The van der Waals surface area contributed by atoms with Gasteiger partial charge < -0.3 is 10.4 Å². The standard InChI is InChI=1S/C15H21NO/c17-15-8-6-14(7-9-15)12-16-11-10-13-4-2-1-3-5-13/h4,6-9,16-17H,1-3,5,10-12H2. The van der Waals surface area contributed by atoms with E-state index in [1.54, 1.807) is 17.7 Å². The first-order valence-corrected chi connectivity index (χ1v) is 6.51. The van der Waals surface area contributed by atoms with Gasteiger partial charge in [0.2, 0.25) is 0 Å². The zero-order valence-corrected chi connectivity index (χ0v) is 10.3. The molecular weight excluding hydrogens is 210 g/mol. The monoisotopic (exact) mass is 231 g/mol. The summed E-state index contributed by atoms with van der Waals surface area (Å²) in [6.07, 6.45) is 8.88. The van der Waals surface area contributed by atoms with Gasteiger partial charge >= 0.3 is 0 Å². The lowest BCUT2D eigenvalue weighted by atomic mass is 9.97. The maximum Gasteiger partial charge on any atom is 0.115 e. The van der Waals surface area contributed by atoms with Gasteiger partial charge in [0.15, 0.2) is 0 Å². The summed E-state index contributed by atoms with van der Waals surface area (Å²) in [6, 6.07) is 7.39. The molecule has 0 spiro atoms. The van der Waals surface area contributed by atoms with Gasteiger partial charge in [-0.3, -0.25) is 0 Å². The van der Waals surface area contributed by atoms with Crippen molar-refractivity contribution in [2.45, 2.75) is 38.6 Å². The zero-order valence-electron chi connectivity index (χ0n) is 10.3. The Balaban J connectivity index is 1.66.